The molecule has 0 saturated carbocycles. The maximum absolute atomic E-state index is 12.2. The Bertz CT molecular complexity index is 1860. The van der Waals surface area contributed by atoms with Crippen molar-refractivity contribution in [3.8, 4) is 11.5 Å². The van der Waals surface area contributed by atoms with E-state index in [1.165, 1.54) is 24.3 Å². The smallest absolute Gasteiger partial charge is 0.726 e. The second-order valence-corrected chi connectivity index (χ2v) is 14.6. The number of benzene rings is 3. The number of sulfone groups is 2. The fourth-order valence-corrected chi connectivity index (χ4v) is 6.07. The summed E-state index contributed by atoms with van der Waals surface area (Å²) in [5, 5.41) is 35.7. The number of phenols is 2. The summed E-state index contributed by atoms with van der Waals surface area (Å²) in [4.78, 5) is -0.430. The van der Waals surface area contributed by atoms with Crippen molar-refractivity contribution in [2.24, 2.45) is 20.5 Å². The van der Waals surface area contributed by atoms with Gasteiger partial charge in [0.15, 0.2) is 19.7 Å². The van der Waals surface area contributed by atoms with E-state index in [4.69, 9.17) is 0 Å². The summed E-state index contributed by atoms with van der Waals surface area (Å²) in [5.41, 5.74) is -0.0789. The first-order chi connectivity index (χ1) is 20.3. The molecular weight excluding hydrogens is 719 g/mol. The van der Waals surface area contributed by atoms with Gasteiger partial charge in [-0.3, -0.25) is 8.37 Å². The quantitative estimate of drug-likeness (QED) is 0.0701. The van der Waals surface area contributed by atoms with Gasteiger partial charge in [-0.05, 0) is 48.5 Å². The van der Waals surface area contributed by atoms with Crippen LogP contribution in [0, 0.1) is 0 Å². The van der Waals surface area contributed by atoms with Crippen molar-refractivity contribution in [1.29, 1.82) is 0 Å². The summed E-state index contributed by atoms with van der Waals surface area (Å²) in [5.74, 6) is -2.54. The molecule has 3 aromatic rings. The van der Waals surface area contributed by atoms with Gasteiger partial charge in [0.1, 0.15) is 22.9 Å². The normalized spacial score (nSPS) is 12.6. The van der Waals surface area contributed by atoms with Crippen LogP contribution in [0.3, 0.4) is 0 Å². The number of nitrogens with zero attached hydrogens (tertiary/aromatic N) is 4. The zero-order chi connectivity index (χ0) is 32.8. The van der Waals surface area contributed by atoms with Crippen LogP contribution < -0.4 is 59.1 Å². The van der Waals surface area contributed by atoms with E-state index < -0.39 is 76.7 Å². The van der Waals surface area contributed by atoms with Gasteiger partial charge in [0.25, 0.3) is 0 Å². The Labute approximate surface area is 307 Å². The Hall–Kier alpha value is -1.90. The van der Waals surface area contributed by atoms with Gasteiger partial charge in [0.2, 0.25) is 20.8 Å². The molecule has 3 rings (SSSR count). The molecule has 0 spiro atoms. The predicted octanol–water partition coefficient (Wildman–Crippen LogP) is -3.56. The molecule has 238 valence electrons. The van der Waals surface area contributed by atoms with E-state index in [0.717, 1.165) is 36.4 Å². The summed E-state index contributed by atoms with van der Waals surface area (Å²) in [6, 6.07) is 11.6. The molecule has 0 aliphatic rings. The minimum absolute atomic E-state index is 0. The van der Waals surface area contributed by atoms with Crippen LogP contribution >= 0.6 is 0 Å². The van der Waals surface area contributed by atoms with Gasteiger partial charge in [-0.25, -0.2) is 33.7 Å². The molecule has 0 unspecified atom stereocenters. The molecule has 3 aromatic carbocycles. The van der Waals surface area contributed by atoms with Gasteiger partial charge in [-0.1, -0.05) is 0 Å². The van der Waals surface area contributed by atoms with Crippen molar-refractivity contribution in [2.45, 2.75) is 9.79 Å². The van der Waals surface area contributed by atoms with E-state index in [1.807, 2.05) is 0 Å². The summed E-state index contributed by atoms with van der Waals surface area (Å²) in [6.07, 6.45) is 0. The average Bonchev–Trinajstić information content (AvgIpc) is 2.91. The van der Waals surface area contributed by atoms with Gasteiger partial charge in [-0.2, -0.15) is 10.2 Å². The third kappa shape index (κ3) is 13.7. The first-order valence-electron chi connectivity index (χ1n) is 11.6. The second kappa shape index (κ2) is 17.5. The van der Waals surface area contributed by atoms with E-state index in [9.17, 15) is 53.0 Å². The summed E-state index contributed by atoms with van der Waals surface area (Å²) >= 11 is 0. The van der Waals surface area contributed by atoms with E-state index in [0.29, 0.717) is 0 Å². The van der Waals surface area contributed by atoms with Crippen LogP contribution in [-0.2, 0) is 48.8 Å². The Morgan fingerprint density at radius 1 is 0.543 bits per heavy atom. The van der Waals surface area contributed by atoms with Crippen molar-refractivity contribution < 1.29 is 120 Å². The molecule has 0 radical (unpaired) electrons. The summed E-state index contributed by atoms with van der Waals surface area (Å²) in [6.45, 7) is -1.72. The van der Waals surface area contributed by atoms with Crippen molar-refractivity contribution in [3.63, 3.8) is 0 Å². The molecule has 24 heteroatoms. The van der Waals surface area contributed by atoms with Gasteiger partial charge >= 0.3 is 59.1 Å². The van der Waals surface area contributed by atoms with Crippen molar-refractivity contribution in [2.75, 3.05) is 24.7 Å². The molecule has 0 fully saturated rings. The maximum Gasteiger partial charge on any atom is 1.00 e. The van der Waals surface area contributed by atoms with Crippen molar-refractivity contribution in [1.82, 2.24) is 0 Å². The zero-order valence-corrected chi connectivity index (χ0v) is 31.1. The molecule has 0 aliphatic heterocycles. The Balaban J connectivity index is 0.00000529. The number of rotatable bonds is 14. The van der Waals surface area contributed by atoms with Crippen LogP contribution in [0.5, 0.6) is 11.5 Å². The van der Waals surface area contributed by atoms with E-state index in [-0.39, 0.29) is 91.7 Å². The fraction of sp³-hybridized carbons (Fsp3) is 0.182. The molecule has 0 saturated heterocycles. The molecule has 18 nitrogen and oxygen atoms in total. The minimum Gasteiger partial charge on any atom is -0.726 e. The standard InChI is InChI=1S/C22H22N4O14S4.2Na/c27-21-14-22(28)20(26-24-16-3-7-18(8-4-16)42(31,32)12-10-40-44(36,37)38)13-19(21)25-23-15-1-5-17(6-2-15)41(29,30)11-9-39-43(33,34)35;;/h1-8,13-14,27-28H,9-12H2,(H,33,34,35)(H,36,37,38);;/q;2*+1/p-2. The molecule has 46 heavy (non-hydrogen) atoms. The van der Waals surface area contributed by atoms with Crippen LogP contribution in [0.15, 0.2) is 90.9 Å². The average molecular weight is 739 g/mol. The molecule has 0 atom stereocenters. The van der Waals surface area contributed by atoms with E-state index in [2.05, 4.69) is 28.8 Å². The topological polar surface area (TPSA) is 291 Å². The van der Waals surface area contributed by atoms with E-state index in [1.54, 1.807) is 0 Å². The summed E-state index contributed by atoms with van der Waals surface area (Å²) < 4.78 is 120. The molecular formula is C22H20N4Na2O14S4. The Morgan fingerprint density at radius 2 is 0.870 bits per heavy atom. The van der Waals surface area contributed by atoms with Gasteiger partial charge in [0, 0.05) is 12.1 Å². The first-order valence-corrected chi connectivity index (χ1v) is 17.6. The molecule has 0 aliphatic carbocycles. The maximum atomic E-state index is 12.2. The summed E-state index contributed by atoms with van der Waals surface area (Å²) in [7, 11) is -18.1. The number of hydrogen-bond donors (Lipinski definition) is 2. The number of hydrogen-bond acceptors (Lipinski definition) is 18. The monoisotopic (exact) mass is 738 g/mol. The third-order valence-corrected chi connectivity index (χ3v) is 9.47. The predicted molar refractivity (Wildman–Crippen MR) is 146 cm³/mol. The van der Waals surface area contributed by atoms with Crippen LogP contribution in [0.1, 0.15) is 0 Å². The SMILES string of the molecule is O=S(=O)([O-])OCCS(=O)(=O)c1ccc(N=Nc2cc(N=Nc3ccc(S(=O)(=O)CCOS(=O)(=O)[O-])cc3)c(O)cc2O)cc1.[Na+].[Na+]. The van der Waals surface area contributed by atoms with Crippen LogP contribution in [-0.4, -0.2) is 77.7 Å². The molecule has 0 bridgehead atoms. The molecule has 0 aromatic heterocycles. The second-order valence-electron chi connectivity index (χ2n) is 8.32. The largest absolute Gasteiger partial charge is 1.00 e. The Morgan fingerprint density at radius 3 is 1.17 bits per heavy atom. The minimum atomic E-state index is -5.05. The van der Waals surface area contributed by atoms with Crippen LogP contribution in [0.4, 0.5) is 22.7 Å². The number of aromatic hydroxyl groups is 2. The van der Waals surface area contributed by atoms with E-state index >= 15 is 0 Å². The number of phenolic OH excluding ortho intramolecular Hbond substituents is 2. The van der Waals surface area contributed by atoms with Gasteiger partial charge in [-0.15, -0.1) is 10.2 Å². The van der Waals surface area contributed by atoms with Crippen molar-refractivity contribution in [3.05, 3.63) is 60.7 Å². The molecule has 2 N–H and O–H groups in total. The van der Waals surface area contributed by atoms with Crippen LogP contribution in [0.2, 0.25) is 0 Å². The zero-order valence-electron chi connectivity index (χ0n) is 23.8. The molecule has 0 heterocycles. The van der Waals surface area contributed by atoms with Crippen molar-refractivity contribution >= 4 is 63.2 Å². The Kier molecular flexibility index (Phi) is 16.0. The number of azo groups is 2. The fourth-order valence-electron chi connectivity index (χ4n) is 3.11. The van der Waals surface area contributed by atoms with Gasteiger partial charge in [0.05, 0.1) is 45.9 Å². The third-order valence-electron chi connectivity index (χ3n) is 5.17. The van der Waals surface area contributed by atoms with Gasteiger partial charge < -0.3 is 19.3 Å². The molecule has 0 amide bonds. The van der Waals surface area contributed by atoms with Crippen LogP contribution in [0.25, 0.3) is 0 Å². The first kappa shape index (κ1) is 42.1.